The molecule has 0 unspecified atom stereocenters. The van der Waals surface area contributed by atoms with Gasteiger partial charge in [0, 0.05) is 24.2 Å². The Balaban J connectivity index is 2.30. The van der Waals surface area contributed by atoms with Gasteiger partial charge in [0.1, 0.15) is 11.6 Å². The molecule has 3 rings (SSSR count). The molecule has 1 aliphatic heterocycles. The zero-order valence-electron chi connectivity index (χ0n) is 12.5. The predicted octanol–water partition coefficient (Wildman–Crippen LogP) is 3.69. The number of para-hydroxylation sites is 1. The van der Waals surface area contributed by atoms with Gasteiger partial charge in [-0.1, -0.05) is 36.0 Å². The second kappa shape index (κ2) is 6.19. The summed E-state index contributed by atoms with van der Waals surface area (Å²) in [6.07, 6.45) is 5.22. The molecule has 0 N–H and O–H groups in total. The summed E-state index contributed by atoms with van der Waals surface area (Å²) in [6, 6.07) is 10.0. The summed E-state index contributed by atoms with van der Waals surface area (Å²) in [5.41, 5.74) is 1.53. The molecular formula is C18H15N3OS. The van der Waals surface area contributed by atoms with Crippen molar-refractivity contribution in [3.05, 3.63) is 71.7 Å². The van der Waals surface area contributed by atoms with Crippen LogP contribution in [0.2, 0.25) is 0 Å². The molecule has 1 aromatic heterocycles. The van der Waals surface area contributed by atoms with Crippen LogP contribution in [-0.4, -0.2) is 11.1 Å². The molecule has 23 heavy (non-hydrogen) atoms. The Labute approximate surface area is 139 Å². The van der Waals surface area contributed by atoms with Gasteiger partial charge in [-0.3, -0.25) is 4.79 Å². The first-order chi connectivity index (χ1) is 11.2. The minimum atomic E-state index is -0.291. The van der Waals surface area contributed by atoms with E-state index in [1.54, 1.807) is 30.1 Å². The van der Waals surface area contributed by atoms with E-state index in [9.17, 15) is 10.1 Å². The maximum Gasteiger partial charge on any atom is 0.270 e. The molecule has 5 heteroatoms. The standard InChI is InChI=1S/C18H15N3OS/c1-3-9-20-12-16-17(13(11-19)18(20)22)21(10-4-2)14-7-5-6-8-15(14)23-16/h3-8,12H,1-2,9-10H2. The lowest BCUT2D eigenvalue weighted by atomic mass is 10.1. The van der Waals surface area contributed by atoms with Gasteiger partial charge in [-0.25, -0.2) is 0 Å². The predicted molar refractivity (Wildman–Crippen MR) is 93.4 cm³/mol. The minimum absolute atomic E-state index is 0.160. The minimum Gasteiger partial charge on any atom is -0.334 e. The Morgan fingerprint density at radius 1 is 1.17 bits per heavy atom. The molecule has 0 saturated carbocycles. The normalized spacial score (nSPS) is 12.0. The number of fused-ring (bicyclic) bond motifs is 2. The van der Waals surface area contributed by atoms with Crippen molar-refractivity contribution in [1.82, 2.24) is 4.57 Å². The van der Waals surface area contributed by atoms with Crippen LogP contribution in [0.3, 0.4) is 0 Å². The molecule has 0 bridgehead atoms. The van der Waals surface area contributed by atoms with Gasteiger partial charge in [-0.15, -0.1) is 13.2 Å². The molecule has 0 atom stereocenters. The molecule has 0 radical (unpaired) electrons. The molecule has 1 aliphatic rings. The molecule has 0 aliphatic carbocycles. The topological polar surface area (TPSA) is 49.0 Å². The van der Waals surface area contributed by atoms with E-state index in [1.807, 2.05) is 29.2 Å². The zero-order chi connectivity index (χ0) is 16.4. The Hall–Kier alpha value is -2.71. The average Bonchev–Trinajstić information content (AvgIpc) is 2.56. The van der Waals surface area contributed by atoms with E-state index >= 15 is 0 Å². The third-order valence-corrected chi connectivity index (χ3v) is 4.70. The van der Waals surface area contributed by atoms with Crippen LogP contribution in [0, 0.1) is 11.3 Å². The maximum absolute atomic E-state index is 12.6. The number of nitriles is 1. The van der Waals surface area contributed by atoms with E-state index in [4.69, 9.17) is 0 Å². The van der Waals surface area contributed by atoms with Gasteiger partial charge < -0.3 is 9.47 Å². The van der Waals surface area contributed by atoms with Crippen LogP contribution >= 0.6 is 11.8 Å². The molecule has 0 saturated heterocycles. The second-order valence-electron chi connectivity index (χ2n) is 5.04. The summed E-state index contributed by atoms with van der Waals surface area (Å²) in [7, 11) is 0. The first kappa shape index (κ1) is 15.2. The molecule has 0 spiro atoms. The van der Waals surface area contributed by atoms with E-state index < -0.39 is 0 Å². The summed E-state index contributed by atoms with van der Waals surface area (Å²) in [6.45, 7) is 8.38. The van der Waals surface area contributed by atoms with E-state index in [-0.39, 0.29) is 11.1 Å². The van der Waals surface area contributed by atoms with Crippen molar-refractivity contribution in [3.63, 3.8) is 0 Å². The smallest absolute Gasteiger partial charge is 0.270 e. The zero-order valence-corrected chi connectivity index (χ0v) is 13.3. The van der Waals surface area contributed by atoms with E-state index in [0.717, 1.165) is 15.5 Å². The summed E-state index contributed by atoms with van der Waals surface area (Å²) < 4.78 is 1.53. The summed E-state index contributed by atoms with van der Waals surface area (Å²) in [5.74, 6) is 0. The number of anilines is 2. The summed E-state index contributed by atoms with van der Waals surface area (Å²) in [4.78, 5) is 16.5. The van der Waals surface area contributed by atoms with Crippen molar-refractivity contribution < 1.29 is 0 Å². The van der Waals surface area contributed by atoms with E-state index in [0.29, 0.717) is 18.8 Å². The van der Waals surface area contributed by atoms with Crippen LogP contribution in [0.1, 0.15) is 5.56 Å². The van der Waals surface area contributed by atoms with Gasteiger partial charge in [0.15, 0.2) is 0 Å². The third-order valence-electron chi connectivity index (χ3n) is 3.61. The number of pyridine rings is 1. The molecule has 2 aromatic rings. The van der Waals surface area contributed by atoms with E-state index in [2.05, 4.69) is 19.2 Å². The van der Waals surface area contributed by atoms with Gasteiger partial charge in [0.05, 0.1) is 16.3 Å². The molecule has 2 heterocycles. The number of aromatic nitrogens is 1. The van der Waals surface area contributed by atoms with Crippen LogP contribution in [0.25, 0.3) is 0 Å². The largest absolute Gasteiger partial charge is 0.334 e. The Morgan fingerprint density at radius 3 is 2.61 bits per heavy atom. The highest BCUT2D eigenvalue weighted by Gasteiger charge is 2.27. The lowest BCUT2D eigenvalue weighted by molar-refractivity contribution is 0.758. The van der Waals surface area contributed by atoms with Gasteiger partial charge in [-0.05, 0) is 12.1 Å². The monoisotopic (exact) mass is 321 g/mol. The number of hydrogen-bond acceptors (Lipinski definition) is 4. The molecular weight excluding hydrogens is 306 g/mol. The summed E-state index contributed by atoms with van der Waals surface area (Å²) in [5, 5.41) is 9.55. The van der Waals surface area contributed by atoms with Crippen molar-refractivity contribution in [2.45, 2.75) is 16.3 Å². The molecule has 1 aromatic carbocycles. The van der Waals surface area contributed by atoms with Gasteiger partial charge >= 0.3 is 0 Å². The Bertz CT molecular complexity index is 892. The fourth-order valence-corrected chi connectivity index (χ4v) is 3.83. The van der Waals surface area contributed by atoms with Crippen molar-refractivity contribution in [1.29, 1.82) is 5.26 Å². The number of nitrogens with zero attached hydrogens (tertiary/aromatic N) is 3. The first-order valence-electron chi connectivity index (χ1n) is 7.15. The second-order valence-corrected chi connectivity index (χ2v) is 6.13. The van der Waals surface area contributed by atoms with Gasteiger partial charge in [-0.2, -0.15) is 5.26 Å². The van der Waals surface area contributed by atoms with Crippen LogP contribution in [0.5, 0.6) is 0 Å². The maximum atomic E-state index is 12.6. The fourth-order valence-electron chi connectivity index (χ4n) is 2.67. The highest BCUT2D eigenvalue weighted by atomic mass is 32.2. The Morgan fingerprint density at radius 2 is 1.91 bits per heavy atom. The third kappa shape index (κ3) is 2.47. The van der Waals surface area contributed by atoms with Crippen molar-refractivity contribution in [2.24, 2.45) is 0 Å². The van der Waals surface area contributed by atoms with Crippen molar-refractivity contribution in [3.8, 4) is 6.07 Å². The Kier molecular flexibility index (Phi) is 4.09. The van der Waals surface area contributed by atoms with Crippen molar-refractivity contribution >= 4 is 23.1 Å². The SMILES string of the molecule is C=CCN1c2ccccc2Sc2cn(CC=C)c(=O)c(C#N)c21. The molecule has 4 nitrogen and oxygen atoms in total. The summed E-state index contributed by atoms with van der Waals surface area (Å²) >= 11 is 1.57. The van der Waals surface area contributed by atoms with Gasteiger partial charge in [0.2, 0.25) is 0 Å². The van der Waals surface area contributed by atoms with E-state index in [1.165, 1.54) is 4.57 Å². The highest BCUT2D eigenvalue weighted by Crippen LogP contribution is 2.48. The lowest BCUT2D eigenvalue weighted by Gasteiger charge is -2.32. The highest BCUT2D eigenvalue weighted by molar-refractivity contribution is 7.99. The van der Waals surface area contributed by atoms with Crippen LogP contribution in [-0.2, 0) is 6.54 Å². The van der Waals surface area contributed by atoms with Crippen LogP contribution < -0.4 is 10.5 Å². The quantitative estimate of drug-likeness (QED) is 0.806. The van der Waals surface area contributed by atoms with Crippen LogP contribution in [0.15, 0.2) is 70.4 Å². The molecule has 0 amide bonds. The van der Waals surface area contributed by atoms with Gasteiger partial charge in [0.25, 0.3) is 5.56 Å². The fraction of sp³-hybridized carbons (Fsp3) is 0.111. The lowest BCUT2D eigenvalue weighted by Crippen LogP contribution is -2.29. The van der Waals surface area contributed by atoms with Crippen molar-refractivity contribution in [2.75, 3.05) is 11.4 Å². The molecule has 0 fully saturated rings. The molecule has 114 valence electrons. The average molecular weight is 321 g/mol. The number of benzene rings is 1. The number of allylic oxidation sites excluding steroid dienone is 1. The number of hydrogen-bond donors (Lipinski definition) is 0. The number of rotatable bonds is 4. The van der Waals surface area contributed by atoms with Crippen LogP contribution in [0.4, 0.5) is 11.4 Å². The first-order valence-corrected chi connectivity index (χ1v) is 7.96.